The number of methoxy groups -OCH3 is 1. The van der Waals surface area contributed by atoms with Crippen LogP contribution < -0.4 is 10.1 Å². The van der Waals surface area contributed by atoms with Crippen LogP contribution in [0.2, 0.25) is 5.02 Å². The van der Waals surface area contributed by atoms with E-state index in [4.69, 9.17) is 16.3 Å². The Kier molecular flexibility index (Phi) is 6.77. The minimum Gasteiger partial charge on any atom is -0.495 e. The van der Waals surface area contributed by atoms with Crippen molar-refractivity contribution in [3.63, 3.8) is 0 Å². The molecule has 3 aromatic rings. The predicted octanol–water partition coefficient (Wildman–Crippen LogP) is 5.46. The van der Waals surface area contributed by atoms with Crippen molar-refractivity contribution in [3.05, 3.63) is 64.2 Å². The van der Waals surface area contributed by atoms with Gasteiger partial charge in [0.15, 0.2) is 0 Å². The van der Waals surface area contributed by atoms with Crippen LogP contribution in [0.25, 0.3) is 11.3 Å². The molecule has 5 nitrogen and oxygen atoms in total. The molecule has 1 amide bonds. The maximum Gasteiger partial charge on any atom is 0.234 e. The molecule has 0 saturated carbocycles. The van der Waals surface area contributed by atoms with E-state index < -0.39 is 0 Å². The summed E-state index contributed by atoms with van der Waals surface area (Å²) in [5.41, 5.74) is 6.08. The fraction of sp³-hybridized carbons (Fsp3) is 0.227. The van der Waals surface area contributed by atoms with Crippen LogP contribution in [0.1, 0.15) is 16.7 Å². The molecule has 3 rings (SSSR count). The molecule has 0 aliphatic heterocycles. The average molecular weight is 428 g/mol. The molecule has 29 heavy (non-hydrogen) atoms. The maximum absolute atomic E-state index is 12.3. The van der Waals surface area contributed by atoms with Crippen molar-refractivity contribution in [1.29, 1.82) is 0 Å². The Morgan fingerprint density at radius 3 is 2.48 bits per heavy atom. The van der Waals surface area contributed by atoms with Crippen LogP contribution in [-0.4, -0.2) is 29.0 Å². The third-order valence-electron chi connectivity index (χ3n) is 4.54. The van der Waals surface area contributed by atoms with E-state index in [-0.39, 0.29) is 11.7 Å². The Labute approximate surface area is 179 Å². The SMILES string of the molecule is COc1ccc(Cl)cc1NC(=O)CSc1ccc(-c2cc(C)c(C)cc2C)nn1. The Morgan fingerprint density at radius 1 is 1.03 bits per heavy atom. The van der Waals surface area contributed by atoms with Crippen LogP contribution >= 0.6 is 23.4 Å². The average Bonchev–Trinajstić information content (AvgIpc) is 2.70. The van der Waals surface area contributed by atoms with Gasteiger partial charge in [-0.1, -0.05) is 29.4 Å². The number of benzene rings is 2. The minimum absolute atomic E-state index is 0.175. The van der Waals surface area contributed by atoms with Crippen LogP contribution in [0.15, 0.2) is 47.5 Å². The minimum atomic E-state index is -0.175. The van der Waals surface area contributed by atoms with Crippen LogP contribution in [-0.2, 0) is 4.79 Å². The highest BCUT2D eigenvalue weighted by Crippen LogP contribution is 2.28. The molecular formula is C22H22ClN3O2S. The van der Waals surface area contributed by atoms with E-state index in [9.17, 15) is 4.79 Å². The summed E-state index contributed by atoms with van der Waals surface area (Å²) in [4.78, 5) is 12.3. The second-order valence-corrected chi connectivity index (χ2v) is 8.12. The Bertz CT molecular complexity index is 1040. The van der Waals surface area contributed by atoms with Gasteiger partial charge < -0.3 is 10.1 Å². The molecule has 0 radical (unpaired) electrons. The van der Waals surface area contributed by atoms with Crippen molar-refractivity contribution >= 4 is 35.0 Å². The summed E-state index contributed by atoms with van der Waals surface area (Å²) in [5, 5.41) is 12.6. The molecule has 0 atom stereocenters. The molecule has 0 unspecified atom stereocenters. The van der Waals surface area contributed by atoms with Gasteiger partial charge in [-0.2, -0.15) is 0 Å². The zero-order valence-electron chi connectivity index (χ0n) is 16.7. The van der Waals surface area contributed by atoms with Crippen molar-refractivity contribution in [2.24, 2.45) is 0 Å². The highest BCUT2D eigenvalue weighted by Gasteiger charge is 2.11. The summed E-state index contributed by atoms with van der Waals surface area (Å²) in [5.74, 6) is 0.582. The van der Waals surface area contributed by atoms with Gasteiger partial charge in [-0.3, -0.25) is 4.79 Å². The fourth-order valence-electron chi connectivity index (χ4n) is 2.88. The zero-order chi connectivity index (χ0) is 21.0. The van der Waals surface area contributed by atoms with Gasteiger partial charge >= 0.3 is 0 Å². The molecule has 0 spiro atoms. The number of carbonyl (C=O) groups is 1. The number of thioether (sulfide) groups is 1. The smallest absolute Gasteiger partial charge is 0.234 e. The summed E-state index contributed by atoms with van der Waals surface area (Å²) in [6.07, 6.45) is 0. The molecule has 0 aliphatic carbocycles. The number of hydrogen-bond acceptors (Lipinski definition) is 5. The summed E-state index contributed by atoms with van der Waals surface area (Å²) in [7, 11) is 1.54. The van der Waals surface area contributed by atoms with Crippen LogP contribution in [0.5, 0.6) is 5.75 Å². The number of aryl methyl sites for hydroxylation is 3. The first kappa shape index (κ1) is 21.1. The Morgan fingerprint density at radius 2 is 1.79 bits per heavy atom. The van der Waals surface area contributed by atoms with Gasteiger partial charge in [0.05, 0.1) is 24.2 Å². The maximum atomic E-state index is 12.3. The molecule has 150 valence electrons. The van der Waals surface area contributed by atoms with Gasteiger partial charge in [0.2, 0.25) is 5.91 Å². The van der Waals surface area contributed by atoms with Crippen molar-refractivity contribution in [3.8, 4) is 17.0 Å². The highest BCUT2D eigenvalue weighted by atomic mass is 35.5. The van der Waals surface area contributed by atoms with E-state index >= 15 is 0 Å². The van der Waals surface area contributed by atoms with Gasteiger partial charge in [-0.05, 0) is 73.9 Å². The Balaban J connectivity index is 1.64. The van der Waals surface area contributed by atoms with Gasteiger partial charge in [0.25, 0.3) is 0 Å². The lowest BCUT2D eigenvalue weighted by Gasteiger charge is -2.10. The second-order valence-electron chi connectivity index (χ2n) is 6.69. The van der Waals surface area contributed by atoms with E-state index in [1.54, 1.807) is 25.3 Å². The molecule has 0 bridgehead atoms. The standard InChI is InChI=1S/C22H22ClN3O2S/c1-13-9-15(3)17(10-14(13)2)18-6-8-22(26-25-18)29-12-21(27)24-19-11-16(23)5-7-20(19)28-4/h5-11H,12H2,1-4H3,(H,24,27). The number of anilines is 1. The quantitative estimate of drug-likeness (QED) is 0.529. The number of halogens is 1. The zero-order valence-corrected chi connectivity index (χ0v) is 18.3. The van der Waals surface area contributed by atoms with E-state index in [0.29, 0.717) is 21.5 Å². The van der Waals surface area contributed by atoms with E-state index in [1.165, 1.54) is 22.9 Å². The number of nitrogens with one attached hydrogen (secondary N) is 1. The van der Waals surface area contributed by atoms with Crippen LogP contribution in [0, 0.1) is 20.8 Å². The largest absolute Gasteiger partial charge is 0.495 e. The monoisotopic (exact) mass is 427 g/mol. The van der Waals surface area contributed by atoms with Gasteiger partial charge in [0, 0.05) is 10.6 Å². The number of nitrogens with zero attached hydrogens (tertiary/aromatic N) is 2. The first-order chi connectivity index (χ1) is 13.9. The number of amides is 1. The lowest BCUT2D eigenvalue weighted by molar-refractivity contribution is -0.113. The molecule has 1 N–H and O–H groups in total. The fourth-order valence-corrected chi connectivity index (χ4v) is 3.67. The molecule has 0 aliphatic rings. The molecule has 1 aromatic heterocycles. The molecule has 0 saturated heterocycles. The third kappa shape index (κ3) is 5.28. The van der Waals surface area contributed by atoms with Crippen molar-refractivity contribution in [2.45, 2.75) is 25.8 Å². The Hall–Kier alpha value is -2.57. The first-order valence-corrected chi connectivity index (χ1v) is 10.4. The number of carbonyl (C=O) groups excluding carboxylic acids is 1. The van der Waals surface area contributed by atoms with Gasteiger partial charge in [-0.15, -0.1) is 10.2 Å². The summed E-state index contributed by atoms with van der Waals surface area (Å²) in [6.45, 7) is 6.26. The van der Waals surface area contributed by atoms with Crippen molar-refractivity contribution < 1.29 is 9.53 Å². The number of ether oxygens (including phenoxy) is 1. The van der Waals surface area contributed by atoms with E-state index in [1.807, 2.05) is 12.1 Å². The second kappa shape index (κ2) is 9.29. The van der Waals surface area contributed by atoms with Crippen LogP contribution in [0.4, 0.5) is 5.69 Å². The van der Waals surface area contributed by atoms with Gasteiger partial charge in [-0.25, -0.2) is 0 Å². The lowest BCUT2D eigenvalue weighted by Crippen LogP contribution is -2.14. The van der Waals surface area contributed by atoms with Crippen molar-refractivity contribution in [2.75, 3.05) is 18.2 Å². The third-order valence-corrected chi connectivity index (χ3v) is 5.70. The molecule has 0 fully saturated rings. The first-order valence-electron chi connectivity index (χ1n) is 9.05. The highest BCUT2D eigenvalue weighted by molar-refractivity contribution is 7.99. The van der Waals surface area contributed by atoms with Crippen molar-refractivity contribution in [1.82, 2.24) is 10.2 Å². The van der Waals surface area contributed by atoms with Crippen LogP contribution in [0.3, 0.4) is 0 Å². The topological polar surface area (TPSA) is 64.1 Å². The molecular weight excluding hydrogens is 406 g/mol. The predicted molar refractivity (Wildman–Crippen MR) is 119 cm³/mol. The number of rotatable bonds is 6. The number of hydrogen-bond donors (Lipinski definition) is 1. The van der Waals surface area contributed by atoms with Gasteiger partial charge in [0.1, 0.15) is 10.8 Å². The van der Waals surface area contributed by atoms with E-state index in [0.717, 1.165) is 16.8 Å². The number of aromatic nitrogens is 2. The normalized spacial score (nSPS) is 10.7. The molecule has 2 aromatic carbocycles. The summed E-state index contributed by atoms with van der Waals surface area (Å²) < 4.78 is 5.24. The summed E-state index contributed by atoms with van der Waals surface area (Å²) in [6, 6.07) is 13.2. The molecule has 1 heterocycles. The molecule has 7 heteroatoms. The lowest BCUT2D eigenvalue weighted by atomic mass is 9.99. The van der Waals surface area contributed by atoms with E-state index in [2.05, 4.69) is 48.4 Å². The summed E-state index contributed by atoms with van der Waals surface area (Å²) >= 11 is 7.31.